The maximum Gasteiger partial charge on any atom is 0.245 e. The summed E-state index contributed by atoms with van der Waals surface area (Å²) in [5.41, 5.74) is 0.0768. The third-order valence-corrected chi connectivity index (χ3v) is 2.55. The lowest BCUT2D eigenvalue weighted by molar-refractivity contribution is -0.195. The Balaban J connectivity index is 1.84. The van der Waals surface area contributed by atoms with Crippen LogP contribution in [0.25, 0.3) is 0 Å². The van der Waals surface area contributed by atoms with Crippen molar-refractivity contribution in [2.75, 3.05) is 26.2 Å². The van der Waals surface area contributed by atoms with Gasteiger partial charge in [-0.15, -0.1) is 9.60 Å². The first-order valence-electron chi connectivity index (χ1n) is 3.97. The van der Waals surface area contributed by atoms with E-state index in [2.05, 4.69) is 6.58 Å². The zero-order valence-electron chi connectivity index (χ0n) is 6.79. The Hall–Kier alpha value is -0.900. The van der Waals surface area contributed by atoms with Crippen LogP contribution in [-0.4, -0.2) is 42.1 Å². The molecule has 0 atom stereocenters. The molecule has 1 spiro atoms. The molecule has 0 aromatic rings. The van der Waals surface area contributed by atoms with Gasteiger partial charge < -0.3 is 4.90 Å². The van der Waals surface area contributed by atoms with Crippen LogP contribution in [0.15, 0.2) is 12.7 Å². The average molecular weight is 170 g/mol. The summed E-state index contributed by atoms with van der Waals surface area (Å²) in [5.74, 6) is -0.0436. The standard InChI is InChI=1S/C8H11FN2O/c1-2-7(12)10-3-8(4-10)5-11(9)6-8/h2H,1,3-6H2. The van der Waals surface area contributed by atoms with Gasteiger partial charge in [0, 0.05) is 31.6 Å². The molecule has 2 aliphatic heterocycles. The smallest absolute Gasteiger partial charge is 0.245 e. The summed E-state index contributed by atoms with van der Waals surface area (Å²) in [6.07, 6.45) is 1.30. The Kier molecular flexibility index (Phi) is 1.48. The molecule has 3 nitrogen and oxygen atoms in total. The Labute approximate surface area is 70.4 Å². The maximum atomic E-state index is 12.4. The van der Waals surface area contributed by atoms with Crippen molar-refractivity contribution in [3.63, 3.8) is 0 Å². The van der Waals surface area contributed by atoms with E-state index in [1.165, 1.54) is 6.08 Å². The fourth-order valence-corrected chi connectivity index (χ4v) is 1.93. The lowest BCUT2D eigenvalue weighted by Gasteiger charge is -2.57. The topological polar surface area (TPSA) is 23.6 Å². The van der Waals surface area contributed by atoms with Crippen LogP contribution in [0, 0.1) is 5.41 Å². The zero-order chi connectivity index (χ0) is 8.77. The lowest BCUT2D eigenvalue weighted by Crippen LogP contribution is -2.71. The Bertz CT molecular complexity index is 227. The minimum absolute atomic E-state index is 0.0436. The fraction of sp³-hybridized carbons (Fsp3) is 0.625. The summed E-state index contributed by atoms with van der Waals surface area (Å²) in [7, 11) is 0. The number of carbonyl (C=O) groups is 1. The molecule has 2 fully saturated rings. The van der Waals surface area contributed by atoms with Gasteiger partial charge in [0.1, 0.15) is 0 Å². The minimum atomic E-state index is -0.0436. The van der Waals surface area contributed by atoms with Crippen molar-refractivity contribution < 1.29 is 9.28 Å². The van der Waals surface area contributed by atoms with Gasteiger partial charge in [-0.2, -0.15) is 0 Å². The Morgan fingerprint density at radius 2 is 2.00 bits per heavy atom. The molecule has 0 saturated carbocycles. The molecule has 0 aromatic carbocycles. The van der Waals surface area contributed by atoms with E-state index in [-0.39, 0.29) is 11.3 Å². The summed E-state index contributed by atoms with van der Waals surface area (Å²) in [6.45, 7) is 5.74. The van der Waals surface area contributed by atoms with Gasteiger partial charge >= 0.3 is 0 Å². The Morgan fingerprint density at radius 1 is 1.42 bits per heavy atom. The lowest BCUT2D eigenvalue weighted by atomic mass is 9.74. The summed E-state index contributed by atoms with van der Waals surface area (Å²) in [5, 5.41) is 0.787. The molecule has 2 rings (SSSR count). The molecule has 4 heteroatoms. The molecule has 0 radical (unpaired) electrons. The van der Waals surface area contributed by atoms with E-state index in [0.717, 1.165) is 5.12 Å². The number of amides is 1. The number of hydrogen-bond donors (Lipinski definition) is 0. The molecule has 1 amide bonds. The van der Waals surface area contributed by atoms with Crippen molar-refractivity contribution in [2.45, 2.75) is 0 Å². The van der Waals surface area contributed by atoms with Gasteiger partial charge in [0.2, 0.25) is 5.91 Å². The van der Waals surface area contributed by atoms with Gasteiger partial charge in [-0.1, -0.05) is 6.58 Å². The fourth-order valence-electron chi connectivity index (χ4n) is 1.93. The normalized spacial score (nSPS) is 26.2. The third-order valence-electron chi connectivity index (χ3n) is 2.55. The molecule has 2 saturated heterocycles. The number of halogens is 1. The second-order valence-corrected chi connectivity index (χ2v) is 3.68. The van der Waals surface area contributed by atoms with Crippen molar-refractivity contribution in [2.24, 2.45) is 5.41 Å². The van der Waals surface area contributed by atoms with Crippen LogP contribution in [0.2, 0.25) is 0 Å². The van der Waals surface area contributed by atoms with Crippen LogP contribution in [-0.2, 0) is 4.79 Å². The van der Waals surface area contributed by atoms with Gasteiger partial charge in [-0.3, -0.25) is 4.79 Å². The number of likely N-dealkylation sites (tertiary alicyclic amines) is 1. The predicted octanol–water partition coefficient (Wildman–Crippen LogP) is 0.201. The minimum Gasteiger partial charge on any atom is -0.338 e. The van der Waals surface area contributed by atoms with Crippen LogP contribution in [0.1, 0.15) is 0 Å². The van der Waals surface area contributed by atoms with E-state index < -0.39 is 0 Å². The molecule has 0 unspecified atom stereocenters. The van der Waals surface area contributed by atoms with E-state index in [0.29, 0.717) is 26.2 Å². The molecule has 0 aliphatic carbocycles. The van der Waals surface area contributed by atoms with Crippen molar-refractivity contribution in [3.8, 4) is 0 Å². The van der Waals surface area contributed by atoms with Crippen LogP contribution in [0.4, 0.5) is 4.48 Å². The largest absolute Gasteiger partial charge is 0.338 e. The van der Waals surface area contributed by atoms with Crippen molar-refractivity contribution in [1.29, 1.82) is 0 Å². The SMILES string of the molecule is C=CC(=O)N1CC2(CN(F)C2)C1. The molecule has 66 valence electrons. The van der Waals surface area contributed by atoms with E-state index in [1.807, 2.05) is 0 Å². The monoisotopic (exact) mass is 170 g/mol. The van der Waals surface area contributed by atoms with Crippen LogP contribution < -0.4 is 0 Å². The van der Waals surface area contributed by atoms with E-state index >= 15 is 0 Å². The maximum absolute atomic E-state index is 12.4. The second-order valence-electron chi connectivity index (χ2n) is 3.68. The predicted molar refractivity (Wildman–Crippen MR) is 41.9 cm³/mol. The van der Waals surface area contributed by atoms with Gasteiger partial charge in [0.25, 0.3) is 0 Å². The van der Waals surface area contributed by atoms with Gasteiger partial charge in [0.15, 0.2) is 0 Å². The summed E-state index contributed by atoms with van der Waals surface area (Å²) in [4.78, 5) is 12.7. The molecule has 0 aromatic heterocycles. The molecule has 0 bridgehead atoms. The molecule has 0 N–H and O–H groups in total. The highest BCUT2D eigenvalue weighted by atomic mass is 19.2. The zero-order valence-corrected chi connectivity index (χ0v) is 6.79. The van der Waals surface area contributed by atoms with Crippen molar-refractivity contribution in [1.82, 2.24) is 10.0 Å². The van der Waals surface area contributed by atoms with Gasteiger partial charge in [0.05, 0.1) is 0 Å². The molecule has 12 heavy (non-hydrogen) atoms. The van der Waals surface area contributed by atoms with E-state index in [9.17, 15) is 9.28 Å². The number of carbonyl (C=O) groups excluding carboxylic acids is 1. The first-order chi connectivity index (χ1) is 5.65. The molecule has 2 heterocycles. The summed E-state index contributed by atoms with van der Waals surface area (Å²) >= 11 is 0. The van der Waals surface area contributed by atoms with Crippen LogP contribution in [0.5, 0.6) is 0 Å². The summed E-state index contributed by atoms with van der Waals surface area (Å²) in [6, 6.07) is 0. The quantitative estimate of drug-likeness (QED) is 0.414. The van der Waals surface area contributed by atoms with Crippen molar-refractivity contribution >= 4 is 5.91 Å². The first kappa shape index (κ1) is 7.73. The van der Waals surface area contributed by atoms with Crippen molar-refractivity contribution in [3.05, 3.63) is 12.7 Å². The third kappa shape index (κ3) is 0.948. The number of nitrogens with zero attached hydrogens (tertiary/aromatic N) is 2. The van der Waals surface area contributed by atoms with E-state index in [4.69, 9.17) is 0 Å². The highest BCUT2D eigenvalue weighted by Crippen LogP contribution is 2.39. The molecule has 2 aliphatic rings. The van der Waals surface area contributed by atoms with E-state index in [1.54, 1.807) is 4.90 Å². The first-order valence-corrected chi connectivity index (χ1v) is 3.97. The highest BCUT2D eigenvalue weighted by Gasteiger charge is 2.53. The molecular formula is C8H11FN2O. The Morgan fingerprint density at radius 3 is 2.42 bits per heavy atom. The highest BCUT2D eigenvalue weighted by molar-refractivity contribution is 5.87. The van der Waals surface area contributed by atoms with Gasteiger partial charge in [-0.25, -0.2) is 0 Å². The van der Waals surface area contributed by atoms with Crippen LogP contribution in [0.3, 0.4) is 0 Å². The number of rotatable bonds is 1. The number of hydrogen-bond acceptors (Lipinski definition) is 2. The van der Waals surface area contributed by atoms with Crippen LogP contribution >= 0.6 is 0 Å². The molecular weight excluding hydrogens is 159 g/mol. The van der Waals surface area contributed by atoms with Gasteiger partial charge in [-0.05, 0) is 6.08 Å². The second kappa shape index (κ2) is 2.29. The average Bonchev–Trinajstić information content (AvgIpc) is 1.92. The summed E-state index contributed by atoms with van der Waals surface area (Å²) < 4.78 is 12.4.